The third kappa shape index (κ3) is 3.88. The monoisotopic (exact) mass is 293 g/mol. The summed E-state index contributed by atoms with van der Waals surface area (Å²) >= 11 is 0. The minimum Gasteiger partial charge on any atom is -0.372 e. The van der Waals surface area contributed by atoms with Crippen molar-refractivity contribution in [3.05, 3.63) is 27.9 Å². The first-order chi connectivity index (χ1) is 10.0. The summed E-state index contributed by atoms with van der Waals surface area (Å²) in [6.07, 6.45) is 2.97. The van der Waals surface area contributed by atoms with E-state index >= 15 is 0 Å². The molecule has 1 fully saturated rings. The van der Waals surface area contributed by atoms with Gasteiger partial charge in [-0.2, -0.15) is 0 Å². The molecule has 2 rings (SSSR count). The van der Waals surface area contributed by atoms with Gasteiger partial charge in [0.05, 0.1) is 17.0 Å². The zero-order valence-corrected chi connectivity index (χ0v) is 11.4. The molecule has 0 saturated heterocycles. The van der Waals surface area contributed by atoms with Crippen LogP contribution >= 0.6 is 0 Å². The Kier molecular flexibility index (Phi) is 4.31. The Balaban J connectivity index is 2.03. The molecule has 1 heterocycles. The van der Waals surface area contributed by atoms with Crippen LogP contribution in [-0.4, -0.2) is 41.4 Å². The maximum absolute atomic E-state index is 12.0. The highest BCUT2D eigenvalue weighted by atomic mass is 16.6. The second-order valence-electron chi connectivity index (χ2n) is 4.62. The second kappa shape index (κ2) is 6.16. The van der Waals surface area contributed by atoms with Crippen LogP contribution in [0, 0.1) is 10.1 Å². The van der Waals surface area contributed by atoms with Crippen molar-refractivity contribution in [2.75, 3.05) is 18.9 Å². The van der Waals surface area contributed by atoms with E-state index in [-0.39, 0.29) is 35.6 Å². The molecule has 9 nitrogen and oxygen atoms in total. The van der Waals surface area contributed by atoms with Gasteiger partial charge >= 0.3 is 0 Å². The van der Waals surface area contributed by atoms with E-state index in [9.17, 15) is 19.7 Å². The highest BCUT2D eigenvalue weighted by molar-refractivity contribution is 6.00. The Morgan fingerprint density at radius 3 is 2.76 bits per heavy atom. The number of carbonyl (C=O) groups is 2. The van der Waals surface area contributed by atoms with E-state index < -0.39 is 10.8 Å². The molecular weight excluding hydrogens is 278 g/mol. The first-order valence-electron chi connectivity index (χ1n) is 6.41. The van der Waals surface area contributed by atoms with E-state index in [1.165, 1.54) is 0 Å². The summed E-state index contributed by atoms with van der Waals surface area (Å²) in [5.41, 5.74) is -0.271. The molecule has 3 N–H and O–H groups in total. The fraction of sp³-hybridized carbons (Fsp3) is 0.417. The van der Waals surface area contributed by atoms with Crippen molar-refractivity contribution in [1.29, 1.82) is 0 Å². The van der Waals surface area contributed by atoms with Crippen LogP contribution in [-0.2, 0) is 4.79 Å². The standard InChI is InChI=1S/C12H15N5O4/c1-13-11-9(4-8(5-14-11)17(20)21)12(19)15-6-10(18)16-7-2-3-7/h4-5,7H,2-3,6H2,1H3,(H,13,14)(H,15,19)(H,16,18). The van der Waals surface area contributed by atoms with E-state index in [2.05, 4.69) is 20.9 Å². The third-order valence-electron chi connectivity index (χ3n) is 2.92. The molecular formula is C12H15N5O4. The average Bonchev–Trinajstić information content (AvgIpc) is 3.27. The molecule has 0 aliphatic heterocycles. The van der Waals surface area contributed by atoms with Gasteiger partial charge in [0.2, 0.25) is 5.91 Å². The quantitative estimate of drug-likeness (QED) is 0.502. The molecule has 112 valence electrons. The van der Waals surface area contributed by atoms with Crippen molar-refractivity contribution in [2.45, 2.75) is 18.9 Å². The number of pyridine rings is 1. The van der Waals surface area contributed by atoms with Gasteiger partial charge in [-0.1, -0.05) is 0 Å². The fourth-order valence-corrected chi connectivity index (χ4v) is 1.69. The van der Waals surface area contributed by atoms with Crippen molar-refractivity contribution in [1.82, 2.24) is 15.6 Å². The minimum atomic E-state index is -0.636. The number of nitrogens with zero attached hydrogens (tertiary/aromatic N) is 2. The Morgan fingerprint density at radius 2 is 2.19 bits per heavy atom. The molecule has 0 bridgehead atoms. The van der Waals surface area contributed by atoms with Gasteiger partial charge in [0.15, 0.2) is 0 Å². The molecule has 1 saturated carbocycles. The Hall–Kier alpha value is -2.71. The largest absolute Gasteiger partial charge is 0.372 e. The second-order valence-corrected chi connectivity index (χ2v) is 4.62. The number of rotatable bonds is 6. The van der Waals surface area contributed by atoms with Crippen LogP contribution in [0.3, 0.4) is 0 Å². The van der Waals surface area contributed by atoms with Gasteiger partial charge in [-0.15, -0.1) is 0 Å². The number of nitro groups is 1. The number of aromatic nitrogens is 1. The molecule has 0 unspecified atom stereocenters. The first kappa shape index (κ1) is 14.7. The van der Waals surface area contributed by atoms with E-state index in [0.717, 1.165) is 25.1 Å². The summed E-state index contributed by atoms with van der Waals surface area (Å²) in [7, 11) is 1.55. The molecule has 1 aromatic heterocycles. The Morgan fingerprint density at radius 1 is 1.48 bits per heavy atom. The van der Waals surface area contributed by atoms with Crippen molar-refractivity contribution >= 4 is 23.3 Å². The summed E-state index contributed by atoms with van der Waals surface area (Å²) in [5.74, 6) is -0.669. The lowest BCUT2D eigenvalue weighted by molar-refractivity contribution is -0.385. The molecule has 0 aromatic carbocycles. The Bertz CT molecular complexity index is 585. The minimum absolute atomic E-state index is 0.0194. The van der Waals surface area contributed by atoms with Gasteiger partial charge in [0.25, 0.3) is 11.6 Å². The molecule has 21 heavy (non-hydrogen) atoms. The maximum Gasteiger partial charge on any atom is 0.288 e. The fourth-order valence-electron chi connectivity index (χ4n) is 1.69. The van der Waals surface area contributed by atoms with Gasteiger partial charge < -0.3 is 16.0 Å². The summed E-state index contributed by atoms with van der Waals surface area (Å²) in [5, 5.41) is 18.5. The van der Waals surface area contributed by atoms with Crippen LogP contribution in [0.25, 0.3) is 0 Å². The SMILES string of the molecule is CNc1ncc([N+](=O)[O-])cc1C(=O)NCC(=O)NC1CC1. The highest BCUT2D eigenvalue weighted by Gasteiger charge is 2.24. The number of amides is 2. The van der Waals surface area contributed by atoms with Crippen molar-refractivity contribution in [3.8, 4) is 0 Å². The van der Waals surface area contributed by atoms with Gasteiger partial charge in [0, 0.05) is 19.2 Å². The van der Waals surface area contributed by atoms with E-state index in [0.29, 0.717) is 0 Å². The van der Waals surface area contributed by atoms with E-state index in [1.54, 1.807) is 7.05 Å². The molecule has 1 aliphatic rings. The zero-order chi connectivity index (χ0) is 15.4. The van der Waals surface area contributed by atoms with Gasteiger partial charge in [-0.25, -0.2) is 4.98 Å². The maximum atomic E-state index is 12.0. The zero-order valence-electron chi connectivity index (χ0n) is 11.4. The van der Waals surface area contributed by atoms with Gasteiger partial charge in [0.1, 0.15) is 12.0 Å². The number of carbonyl (C=O) groups excluding carboxylic acids is 2. The normalized spacial score (nSPS) is 13.4. The average molecular weight is 293 g/mol. The van der Waals surface area contributed by atoms with E-state index in [4.69, 9.17) is 0 Å². The molecule has 1 aromatic rings. The third-order valence-corrected chi connectivity index (χ3v) is 2.92. The van der Waals surface area contributed by atoms with Crippen molar-refractivity contribution in [2.24, 2.45) is 0 Å². The van der Waals surface area contributed by atoms with Crippen LogP contribution < -0.4 is 16.0 Å². The van der Waals surface area contributed by atoms with Crippen molar-refractivity contribution in [3.63, 3.8) is 0 Å². The molecule has 2 amide bonds. The number of hydrogen-bond acceptors (Lipinski definition) is 6. The van der Waals surface area contributed by atoms with Crippen LogP contribution in [0.15, 0.2) is 12.3 Å². The summed E-state index contributed by atoms with van der Waals surface area (Å²) in [6, 6.07) is 1.33. The van der Waals surface area contributed by atoms with E-state index in [1.807, 2.05) is 0 Å². The molecule has 9 heteroatoms. The lowest BCUT2D eigenvalue weighted by atomic mass is 10.2. The molecule has 1 aliphatic carbocycles. The predicted molar refractivity (Wildman–Crippen MR) is 73.9 cm³/mol. The van der Waals surface area contributed by atoms with Crippen LogP contribution in [0.5, 0.6) is 0 Å². The first-order valence-corrected chi connectivity index (χ1v) is 6.41. The summed E-state index contributed by atoms with van der Waals surface area (Å²) < 4.78 is 0. The molecule has 0 radical (unpaired) electrons. The molecule has 0 spiro atoms. The van der Waals surface area contributed by atoms with Crippen LogP contribution in [0.2, 0.25) is 0 Å². The van der Waals surface area contributed by atoms with Gasteiger partial charge in [-0.3, -0.25) is 19.7 Å². The number of hydrogen-bond donors (Lipinski definition) is 3. The van der Waals surface area contributed by atoms with Crippen LogP contribution in [0.4, 0.5) is 11.5 Å². The lowest BCUT2D eigenvalue weighted by Gasteiger charge is -2.09. The predicted octanol–water partition coefficient (Wildman–Crippen LogP) is 0.0399. The van der Waals surface area contributed by atoms with Gasteiger partial charge in [-0.05, 0) is 12.8 Å². The highest BCUT2D eigenvalue weighted by Crippen LogP contribution is 2.19. The van der Waals surface area contributed by atoms with Crippen LogP contribution in [0.1, 0.15) is 23.2 Å². The summed E-state index contributed by atoms with van der Waals surface area (Å²) in [6.45, 7) is -0.179. The van der Waals surface area contributed by atoms with Crippen molar-refractivity contribution < 1.29 is 14.5 Å². The smallest absolute Gasteiger partial charge is 0.288 e. The molecule has 0 atom stereocenters. The Labute approximate surface area is 120 Å². The topological polar surface area (TPSA) is 126 Å². The number of anilines is 1. The lowest BCUT2D eigenvalue weighted by Crippen LogP contribution is -2.38. The number of nitrogens with one attached hydrogen (secondary N) is 3. The summed E-state index contributed by atoms with van der Waals surface area (Å²) in [4.78, 5) is 37.4.